The zero-order valence-electron chi connectivity index (χ0n) is 4.58. The van der Waals surface area contributed by atoms with Gasteiger partial charge in [0.2, 0.25) is 0 Å². The third-order valence-electron chi connectivity index (χ3n) is 0.668. The summed E-state index contributed by atoms with van der Waals surface area (Å²) in [5, 5.41) is 1.26. The van der Waals surface area contributed by atoms with Gasteiger partial charge in [0.25, 0.3) is 0 Å². The van der Waals surface area contributed by atoms with Crippen molar-refractivity contribution in [2.75, 3.05) is 0 Å². The molecule has 0 rings (SSSR count). The Morgan fingerprint density at radius 2 is 1.25 bits per heavy atom. The van der Waals surface area contributed by atoms with E-state index >= 15 is 0 Å². The van der Waals surface area contributed by atoms with Crippen LogP contribution in [0.1, 0.15) is 12.8 Å². The fourth-order valence-corrected chi connectivity index (χ4v) is 0.460. The van der Waals surface area contributed by atoms with E-state index in [0.717, 1.165) is 12.8 Å². The zero-order valence-corrected chi connectivity index (χ0v) is 6.10. The quantitative estimate of drug-likeness (QED) is 0.580. The Hall–Kier alpha value is 0.0600. The SMILES string of the molecule is C=C(Cl)CCC(=C)Cl. The molecule has 46 valence electrons. The lowest BCUT2D eigenvalue weighted by atomic mass is 10.3. The fourth-order valence-electron chi connectivity index (χ4n) is 0.271. The number of rotatable bonds is 3. The van der Waals surface area contributed by atoms with Crippen molar-refractivity contribution < 1.29 is 0 Å². The fraction of sp³-hybridized carbons (Fsp3) is 0.333. The Balaban J connectivity index is 3.18. The normalized spacial score (nSPS) is 8.75. The molecule has 0 spiro atoms. The highest BCUT2D eigenvalue weighted by Crippen LogP contribution is 2.13. The molecule has 0 aromatic rings. The summed E-state index contributed by atoms with van der Waals surface area (Å²) >= 11 is 10.9. The predicted molar refractivity (Wildman–Crippen MR) is 39.2 cm³/mol. The summed E-state index contributed by atoms with van der Waals surface area (Å²) in [6, 6.07) is 0. The van der Waals surface area contributed by atoms with Crippen LogP contribution < -0.4 is 0 Å². The summed E-state index contributed by atoms with van der Waals surface area (Å²) in [7, 11) is 0. The van der Waals surface area contributed by atoms with Crippen molar-refractivity contribution in [3.63, 3.8) is 0 Å². The Bertz CT molecular complexity index is 91.1. The van der Waals surface area contributed by atoms with Crippen molar-refractivity contribution in [3.05, 3.63) is 23.2 Å². The van der Waals surface area contributed by atoms with Crippen molar-refractivity contribution in [3.8, 4) is 0 Å². The minimum absolute atomic E-state index is 0.631. The highest BCUT2D eigenvalue weighted by atomic mass is 35.5. The molecule has 0 aromatic heterocycles. The summed E-state index contributed by atoms with van der Waals surface area (Å²) in [4.78, 5) is 0. The summed E-state index contributed by atoms with van der Waals surface area (Å²) < 4.78 is 0. The van der Waals surface area contributed by atoms with E-state index in [-0.39, 0.29) is 0 Å². The molecule has 0 saturated heterocycles. The van der Waals surface area contributed by atoms with E-state index in [9.17, 15) is 0 Å². The van der Waals surface area contributed by atoms with Crippen LogP contribution in [0.25, 0.3) is 0 Å². The van der Waals surface area contributed by atoms with Crippen LogP contribution >= 0.6 is 23.2 Å². The second-order valence-electron chi connectivity index (χ2n) is 1.53. The van der Waals surface area contributed by atoms with Gasteiger partial charge in [-0.3, -0.25) is 0 Å². The van der Waals surface area contributed by atoms with Crippen LogP contribution in [0.5, 0.6) is 0 Å². The van der Waals surface area contributed by atoms with Crippen molar-refractivity contribution in [1.29, 1.82) is 0 Å². The smallest absolute Gasteiger partial charge is 0.0112 e. The van der Waals surface area contributed by atoms with Crippen molar-refractivity contribution in [2.45, 2.75) is 12.8 Å². The average molecular weight is 151 g/mol. The third-order valence-corrected chi connectivity index (χ3v) is 1.05. The molecule has 0 nitrogen and oxygen atoms in total. The highest BCUT2D eigenvalue weighted by molar-refractivity contribution is 6.30. The number of hydrogen-bond acceptors (Lipinski definition) is 0. The maximum atomic E-state index is 5.43. The van der Waals surface area contributed by atoms with Gasteiger partial charge in [-0.15, -0.1) is 0 Å². The Labute approximate surface area is 59.8 Å². The van der Waals surface area contributed by atoms with Gasteiger partial charge in [0.05, 0.1) is 0 Å². The largest absolute Gasteiger partial charge is 0.0898 e. The molecule has 0 saturated carbocycles. The van der Waals surface area contributed by atoms with Crippen LogP contribution in [-0.4, -0.2) is 0 Å². The molecule has 0 N–H and O–H groups in total. The van der Waals surface area contributed by atoms with Gasteiger partial charge in [-0.05, 0) is 12.8 Å². The van der Waals surface area contributed by atoms with E-state index in [1.807, 2.05) is 0 Å². The first-order valence-electron chi connectivity index (χ1n) is 2.29. The molecule has 0 aliphatic carbocycles. The third kappa shape index (κ3) is 6.06. The van der Waals surface area contributed by atoms with Gasteiger partial charge in [0.1, 0.15) is 0 Å². The summed E-state index contributed by atoms with van der Waals surface area (Å²) in [6.07, 6.45) is 1.45. The Kier molecular flexibility index (Phi) is 4.02. The predicted octanol–water partition coefficient (Wildman–Crippen LogP) is 3.27. The molecule has 8 heavy (non-hydrogen) atoms. The van der Waals surface area contributed by atoms with Crippen LogP contribution in [-0.2, 0) is 0 Å². The molecule has 0 fully saturated rings. The molecular formula is C6H8Cl2. The van der Waals surface area contributed by atoms with Gasteiger partial charge in [-0.25, -0.2) is 0 Å². The first kappa shape index (κ1) is 8.06. The highest BCUT2D eigenvalue weighted by Gasteiger charge is 1.89. The zero-order chi connectivity index (χ0) is 6.57. The van der Waals surface area contributed by atoms with Crippen molar-refractivity contribution in [1.82, 2.24) is 0 Å². The van der Waals surface area contributed by atoms with Gasteiger partial charge < -0.3 is 0 Å². The molecule has 0 radical (unpaired) electrons. The van der Waals surface area contributed by atoms with Crippen molar-refractivity contribution in [2.24, 2.45) is 0 Å². The standard InChI is InChI=1S/C6H8Cl2/c1-5(7)3-4-6(2)8/h1-4H2. The van der Waals surface area contributed by atoms with E-state index in [1.54, 1.807) is 0 Å². The molecule has 0 aromatic carbocycles. The molecule has 0 unspecified atom stereocenters. The molecule has 0 amide bonds. The van der Waals surface area contributed by atoms with E-state index in [0.29, 0.717) is 10.1 Å². The van der Waals surface area contributed by atoms with Gasteiger partial charge >= 0.3 is 0 Å². The van der Waals surface area contributed by atoms with E-state index < -0.39 is 0 Å². The van der Waals surface area contributed by atoms with Crippen LogP contribution in [0.4, 0.5) is 0 Å². The number of halogens is 2. The van der Waals surface area contributed by atoms with Crippen LogP contribution in [0.2, 0.25) is 0 Å². The maximum absolute atomic E-state index is 5.43. The molecular weight excluding hydrogens is 143 g/mol. The summed E-state index contributed by atoms with van der Waals surface area (Å²) in [5.41, 5.74) is 0. The molecule has 0 aliphatic heterocycles. The molecule has 0 heterocycles. The van der Waals surface area contributed by atoms with Crippen LogP contribution in [0, 0.1) is 0 Å². The molecule has 2 heteroatoms. The lowest BCUT2D eigenvalue weighted by molar-refractivity contribution is 1.02. The average Bonchev–Trinajstić information content (AvgIpc) is 1.61. The van der Waals surface area contributed by atoms with Gasteiger partial charge in [-0.1, -0.05) is 36.4 Å². The van der Waals surface area contributed by atoms with Crippen LogP contribution in [0.3, 0.4) is 0 Å². The summed E-state index contributed by atoms with van der Waals surface area (Å²) in [5.74, 6) is 0. The molecule has 0 aliphatic rings. The minimum Gasteiger partial charge on any atom is -0.0898 e. The first-order chi connectivity index (χ1) is 3.63. The Morgan fingerprint density at radius 1 is 1.00 bits per heavy atom. The molecule has 0 atom stereocenters. The topological polar surface area (TPSA) is 0 Å². The van der Waals surface area contributed by atoms with E-state index in [1.165, 1.54) is 0 Å². The lowest BCUT2D eigenvalue weighted by Gasteiger charge is -1.92. The lowest BCUT2D eigenvalue weighted by Crippen LogP contribution is -1.71. The number of hydrogen-bond donors (Lipinski definition) is 0. The van der Waals surface area contributed by atoms with Gasteiger partial charge in [0, 0.05) is 10.1 Å². The second-order valence-corrected chi connectivity index (χ2v) is 2.60. The second kappa shape index (κ2) is 3.99. The summed E-state index contributed by atoms with van der Waals surface area (Å²) in [6.45, 7) is 6.99. The van der Waals surface area contributed by atoms with E-state index in [2.05, 4.69) is 13.2 Å². The number of allylic oxidation sites excluding steroid dienone is 2. The molecule has 0 bridgehead atoms. The minimum atomic E-state index is 0.631. The maximum Gasteiger partial charge on any atom is 0.0112 e. The van der Waals surface area contributed by atoms with Crippen molar-refractivity contribution >= 4 is 23.2 Å². The van der Waals surface area contributed by atoms with Gasteiger partial charge in [0.15, 0.2) is 0 Å². The van der Waals surface area contributed by atoms with Gasteiger partial charge in [-0.2, -0.15) is 0 Å². The van der Waals surface area contributed by atoms with E-state index in [4.69, 9.17) is 23.2 Å². The first-order valence-corrected chi connectivity index (χ1v) is 3.05. The van der Waals surface area contributed by atoms with Crippen LogP contribution in [0.15, 0.2) is 23.2 Å². The Morgan fingerprint density at radius 3 is 1.38 bits per heavy atom. The monoisotopic (exact) mass is 150 g/mol.